The second-order valence-electron chi connectivity index (χ2n) is 4.20. The largest absolute Gasteiger partial charge is 0.379 e. The highest BCUT2D eigenvalue weighted by Crippen LogP contribution is 2.25. The first-order valence-electron chi connectivity index (χ1n) is 5.43. The molecule has 0 amide bonds. The molecule has 0 saturated heterocycles. The van der Waals surface area contributed by atoms with Gasteiger partial charge in [-0.05, 0) is 30.9 Å². The molecule has 0 radical (unpaired) electrons. The van der Waals surface area contributed by atoms with E-state index >= 15 is 0 Å². The third-order valence-corrected chi connectivity index (χ3v) is 2.97. The average molecular weight is 227 g/mol. The van der Waals surface area contributed by atoms with E-state index in [0.717, 1.165) is 17.7 Å². The van der Waals surface area contributed by atoms with E-state index in [1.54, 1.807) is 6.20 Å². The minimum Gasteiger partial charge on any atom is -0.379 e. The minimum atomic E-state index is 0.449. The molecule has 1 atom stereocenters. The number of hydrogen-bond donors (Lipinski definition) is 1. The Hall–Kier alpha value is -0.760. The van der Waals surface area contributed by atoms with Gasteiger partial charge in [-0.25, -0.2) is 4.98 Å². The number of anilines is 1. The van der Waals surface area contributed by atoms with Crippen molar-refractivity contribution in [2.45, 2.75) is 40.2 Å². The monoisotopic (exact) mass is 226 g/mol. The first-order chi connectivity index (χ1) is 7.06. The van der Waals surface area contributed by atoms with Crippen molar-refractivity contribution in [1.82, 2.24) is 4.98 Å². The average Bonchev–Trinajstić information content (AvgIpc) is 2.17. The summed E-state index contributed by atoms with van der Waals surface area (Å²) in [5.41, 5.74) is 2.12. The Morgan fingerprint density at radius 2 is 2.13 bits per heavy atom. The lowest BCUT2D eigenvalue weighted by Gasteiger charge is -2.23. The molecule has 1 rings (SSSR count). The van der Waals surface area contributed by atoms with Crippen molar-refractivity contribution in [2.24, 2.45) is 5.92 Å². The van der Waals surface area contributed by atoms with Crippen LogP contribution in [0.4, 0.5) is 5.69 Å². The van der Waals surface area contributed by atoms with Crippen LogP contribution in [0.3, 0.4) is 0 Å². The molecular weight excluding hydrogens is 208 g/mol. The van der Waals surface area contributed by atoms with Crippen LogP contribution < -0.4 is 5.32 Å². The van der Waals surface area contributed by atoms with Crippen LogP contribution in [0.2, 0.25) is 5.15 Å². The Kier molecular flexibility index (Phi) is 4.40. The van der Waals surface area contributed by atoms with E-state index < -0.39 is 0 Å². The molecule has 84 valence electrons. The van der Waals surface area contributed by atoms with Gasteiger partial charge in [0, 0.05) is 12.2 Å². The van der Waals surface area contributed by atoms with E-state index in [9.17, 15) is 0 Å². The SMILES string of the molecule is CCC(Nc1c(C)ccnc1Cl)C(C)C. The first-order valence-corrected chi connectivity index (χ1v) is 5.81. The minimum absolute atomic E-state index is 0.449. The predicted molar refractivity (Wildman–Crippen MR) is 66.5 cm³/mol. The number of rotatable bonds is 4. The lowest BCUT2D eigenvalue weighted by Crippen LogP contribution is -2.25. The van der Waals surface area contributed by atoms with Gasteiger partial charge in [0.05, 0.1) is 5.69 Å². The van der Waals surface area contributed by atoms with E-state index in [-0.39, 0.29) is 0 Å². The van der Waals surface area contributed by atoms with Gasteiger partial charge in [0.15, 0.2) is 5.15 Å². The third-order valence-electron chi connectivity index (χ3n) is 2.69. The van der Waals surface area contributed by atoms with Gasteiger partial charge in [-0.3, -0.25) is 0 Å². The summed E-state index contributed by atoms with van der Waals surface area (Å²) in [7, 11) is 0. The van der Waals surface area contributed by atoms with E-state index in [1.807, 2.05) is 13.0 Å². The van der Waals surface area contributed by atoms with Gasteiger partial charge in [-0.1, -0.05) is 32.4 Å². The standard InChI is InChI=1S/C12H19ClN2/c1-5-10(8(2)3)15-11-9(4)6-7-14-12(11)13/h6-8,10,15H,5H2,1-4H3. The van der Waals surface area contributed by atoms with E-state index in [4.69, 9.17) is 11.6 Å². The summed E-state index contributed by atoms with van der Waals surface area (Å²) in [5.74, 6) is 0.589. The van der Waals surface area contributed by atoms with Crippen LogP contribution >= 0.6 is 11.6 Å². The number of pyridine rings is 1. The lowest BCUT2D eigenvalue weighted by atomic mass is 10.0. The maximum absolute atomic E-state index is 6.06. The van der Waals surface area contributed by atoms with Crippen molar-refractivity contribution in [1.29, 1.82) is 0 Å². The van der Waals surface area contributed by atoms with Gasteiger partial charge in [-0.2, -0.15) is 0 Å². The van der Waals surface area contributed by atoms with Gasteiger partial charge >= 0.3 is 0 Å². The van der Waals surface area contributed by atoms with Crippen LogP contribution in [0.15, 0.2) is 12.3 Å². The van der Waals surface area contributed by atoms with Crippen LogP contribution in [-0.2, 0) is 0 Å². The molecule has 0 bridgehead atoms. The maximum Gasteiger partial charge on any atom is 0.152 e. The topological polar surface area (TPSA) is 24.9 Å². The number of nitrogens with one attached hydrogen (secondary N) is 1. The molecule has 0 aromatic carbocycles. The number of aryl methyl sites for hydroxylation is 1. The van der Waals surface area contributed by atoms with E-state index in [1.165, 1.54) is 0 Å². The summed E-state index contributed by atoms with van der Waals surface area (Å²) in [5, 5.41) is 4.03. The molecular formula is C12H19ClN2. The number of nitrogens with zero attached hydrogens (tertiary/aromatic N) is 1. The van der Waals surface area contributed by atoms with Gasteiger partial charge in [0.1, 0.15) is 0 Å². The van der Waals surface area contributed by atoms with Gasteiger partial charge in [0.25, 0.3) is 0 Å². The molecule has 1 heterocycles. The fraction of sp³-hybridized carbons (Fsp3) is 0.583. The van der Waals surface area contributed by atoms with Crippen molar-refractivity contribution in [3.63, 3.8) is 0 Å². The van der Waals surface area contributed by atoms with E-state index in [0.29, 0.717) is 17.1 Å². The fourth-order valence-electron chi connectivity index (χ4n) is 1.62. The van der Waals surface area contributed by atoms with Crippen molar-refractivity contribution < 1.29 is 0 Å². The lowest BCUT2D eigenvalue weighted by molar-refractivity contribution is 0.511. The molecule has 0 aliphatic heterocycles. The van der Waals surface area contributed by atoms with Gasteiger partial charge in [0.2, 0.25) is 0 Å². The van der Waals surface area contributed by atoms with Crippen molar-refractivity contribution in [2.75, 3.05) is 5.32 Å². The maximum atomic E-state index is 6.06. The summed E-state index contributed by atoms with van der Waals surface area (Å²) in [4.78, 5) is 4.09. The van der Waals surface area contributed by atoms with Gasteiger partial charge in [-0.15, -0.1) is 0 Å². The normalized spacial score (nSPS) is 12.9. The molecule has 0 spiro atoms. The predicted octanol–water partition coefficient (Wildman–Crippen LogP) is 3.89. The number of hydrogen-bond acceptors (Lipinski definition) is 2. The first kappa shape index (κ1) is 12.3. The molecule has 3 heteroatoms. The van der Waals surface area contributed by atoms with Crippen LogP contribution in [0.1, 0.15) is 32.8 Å². The molecule has 0 aliphatic carbocycles. The van der Waals surface area contributed by atoms with Crippen LogP contribution in [0.25, 0.3) is 0 Å². The summed E-state index contributed by atoms with van der Waals surface area (Å²) in [6, 6.07) is 2.42. The molecule has 0 saturated carbocycles. The van der Waals surface area contributed by atoms with Gasteiger partial charge < -0.3 is 5.32 Å². The molecule has 1 N–H and O–H groups in total. The van der Waals surface area contributed by atoms with Crippen molar-refractivity contribution >= 4 is 17.3 Å². The molecule has 0 aliphatic rings. The Balaban J connectivity index is 2.87. The molecule has 2 nitrogen and oxygen atoms in total. The van der Waals surface area contributed by atoms with Crippen LogP contribution in [-0.4, -0.2) is 11.0 Å². The zero-order valence-corrected chi connectivity index (χ0v) is 10.6. The van der Waals surface area contributed by atoms with Crippen molar-refractivity contribution in [3.8, 4) is 0 Å². The highest BCUT2D eigenvalue weighted by atomic mass is 35.5. The molecule has 15 heavy (non-hydrogen) atoms. The summed E-state index contributed by atoms with van der Waals surface area (Å²) in [6.45, 7) is 8.64. The molecule has 1 aromatic heterocycles. The highest BCUT2D eigenvalue weighted by molar-refractivity contribution is 6.32. The smallest absolute Gasteiger partial charge is 0.152 e. The number of halogens is 1. The fourth-order valence-corrected chi connectivity index (χ4v) is 1.88. The quantitative estimate of drug-likeness (QED) is 0.788. The molecule has 0 fully saturated rings. The van der Waals surface area contributed by atoms with E-state index in [2.05, 4.69) is 31.1 Å². The molecule has 1 unspecified atom stereocenters. The third kappa shape index (κ3) is 3.10. The summed E-state index contributed by atoms with van der Waals surface area (Å²) >= 11 is 6.06. The Morgan fingerprint density at radius 1 is 1.47 bits per heavy atom. The number of aromatic nitrogens is 1. The molecule has 1 aromatic rings. The Bertz CT molecular complexity index is 303. The highest BCUT2D eigenvalue weighted by Gasteiger charge is 2.13. The van der Waals surface area contributed by atoms with Crippen molar-refractivity contribution in [3.05, 3.63) is 23.0 Å². The second kappa shape index (κ2) is 5.36. The zero-order chi connectivity index (χ0) is 11.4. The van der Waals surface area contributed by atoms with Crippen LogP contribution in [0.5, 0.6) is 0 Å². The summed E-state index contributed by atoms with van der Waals surface area (Å²) < 4.78 is 0. The Morgan fingerprint density at radius 3 is 2.60 bits per heavy atom. The Labute approximate surface area is 97.1 Å². The second-order valence-corrected chi connectivity index (χ2v) is 4.55. The summed E-state index contributed by atoms with van der Waals surface area (Å²) in [6.07, 6.45) is 2.82. The van der Waals surface area contributed by atoms with Crippen LogP contribution in [0, 0.1) is 12.8 Å². The zero-order valence-electron chi connectivity index (χ0n) is 9.84.